The highest BCUT2D eigenvalue weighted by atomic mass is 16.2. The smallest absolute Gasteiger partial charge is 0.244 e. The second kappa shape index (κ2) is 9.44. The number of aryl methyl sites for hydroxylation is 1. The lowest BCUT2D eigenvalue weighted by Gasteiger charge is -2.22. The number of rotatable bonds is 10. The fraction of sp³-hybridized carbons (Fsp3) is 0.600. The van der Waals surface area contributed by atoms with Crippen LogP contribution in [-0.4, -0.2) is 42.4 Å². The molecule has 0 saturated heterocycles. The average molecular weight is 345 g/mol. The van der Waals surface area contributed by atoms with Gasteiger partial charge in [0, 0.05) is 18.8 Å². The summed E-state index contributed by atoms with van der Waals surface area (Å²) in [6.45, 7) is 4.14. The van der Waals surface area contributed by atoms with Crippen LogP contribution < -0.4 is 10.6 Å². The van der Waals surface area contributed by atoms with Gasteiger partial charge in [0.1, 0.15) is 6.04 Å². The first-order valence-corrected chi connectivity index (χ1v) is 9.39. The Kier molecular flexibility index (Phi) is 7.29. The summed E-state index contributed by atoms with van der Waals surface area (Å²) in [5.74, 6) is -0.167. The van der Waals surface area contributed by atoms with Crippen molar-refractivity contribution in [1.29, 1.82) is 0 Å². The van der Waals surface area contributed by atoms with Crippen LogP contribution in [0.5, 0.6) is 0 Å². The van der Waals surface area contributed by atoms with Gasteiger partial charge in [0.2, 0.25) is 11.8 Å². The SMILES string of the molecule is CCCCCc1ccc(NC(C)C(=O)N(C)CC(=O)NC2CC2)cc1. The van der Waals surface area contributed by atoms with Crippen molar-refractivity contribution in [3.63, 3.8) is 0 Å². The number of nitrogens with one attached hydrogen (secondary N) is 2. The zero-order valence-electron chi connectivity index (χ0n) is 15.7. The van der Waals surface area contributed by atoms with Crippen LogP contribution in [0.25, 0.3) is 0 Å². The first-order chi connectivity index (χ1) is 12.0. The maximum atomic E-state index is 12.4. The van der Waals surface area contributed by atoms with Gasteiger partial charge in [-0.25, -0.2) is 0 Å². The van der Waals surface area contributed by atoms with Crippen LogP contribution in [0.3, 0.4) is 0 Å². The van der Waals surface area contributed by atoms with E-state index in [4.69, 9.17) is 0 Å². The second-order valence-electron chi connectivity index (χ2n) is 7.06. The van der Waals surface area contributed by atoms with Gasteiger partial charge in [-0.3, -0.25) is 9.59 Å². The molecule has 0 bridgehead atoms. The van der Waals surface area contributed by atoms with Gasteiger partial charge in [0.15, 0.2) is 0 Å². The van der Waals surface area contributed by atoms with Crippen molar-refractivity contribution in [2.45, 2.75) is 64.5 Å². The lowest BCUT2D eigenvalue weighted by atomic mass is 10.1. The normalized spacial score (nSPS) is 14.7. The highest BCUT2D eigenvalue weighted by Gasteiger charge is 2.25. The van der Waals surface area contributed by atoms with Gasteiger partial charge in [-0.05, 0) is 50.3 Å². The maximum Gasteiger partial charge on any atom is 0.244 e. The summed E-state index contributed by atoms with van der Waals surface area (Å²) in [4.78, 5) is 25.7. The van der Waals surface area contributed by atoms with Crippen molar-refractivity contribution in [3.05, 3.63) is 29.8 Å². The van der Waals surface area contributed by atoms with Crippen molar-refractivity contribution in [3.8, 4) is 0 Å². The van der Waals surface area contributed by atoms with E-state index in [1.165, 1.54) is 29.7 Å². The summed E-state index contributed by atoms with van der Waals surface area (Å²) < 4.78 is 0. The van der Waals surface area contributed by atoms with E-state index < -0.39 is 0 Å². The minimum Gasteiger partial charge on any atom is -0.374 e. The Morgan fingerprint density at radius 3 is 2.48 bits per heavy atom. The van der Waals surface area contributed by atoms with E-state index in [0.717, 1.165) is 24.9 Å². The molecule has 5 nitrogen and oxygen atoms in total. The molecule has 0 aromatic heterocycles. The number of hydrogen-bond donors (Lipinski definition) is 2. The molecule has 0 heterocycles. The third kappa shape index (κ3) is 6.77. The van der Waals surface area contributed by atoms with E-state index in [0.29, 0.717) is 6.04 Å². The Bertz CT molecular complexity index is 567. The molecule has 5 heteroatoms. The molecular formula is C20H31N3O2. The summed E-state index contributed by atoms with van der Waals surface area (Å²) in [7, 11) is 1.67. The molecule has 0 radical (unpaired) electrons. The van der Waals surface area contributed by atoms with Crippen LogP contribution in [0.1, 0.15) is 51.5 Å². The standard InChI is InChI=1S/C20H31N3O2/c1-4-5-6-7-16-8-10-17(11-9-16)21-15(2)20(25)23(3)14-19(24)22-18-12-13-18/h8-11,15,18,21H,4-7,12-14H2,1-3H3,(H,22,24). The van der Waals surface area contributed by atoms with E-state index >= 15 is 0 Å². The van der Waals surface area contributed by atoms with Gasteiger partial charge < -0.3 is 15.5 Å². The molecule has 0 aliphatic heterocycles. The third-order valence-corrected chi connectivity index (χ3v) is 4.48. The van der Waals surface area contributed by atoms with Gasteiger partial charge in [0.25, 0.3) is 0 Å². The monoisotopic (exact) mass is 345 g/mol. The number of nitrogens with zero attached hydrogens (tertiary/aromatic N) is 1. The topological polar surface area (TPSA) is 61.4 Å². The summed E-state index contributed by atoms with van der Waals surface area (Å²) in [5.41, 5.74) is 2.25. The Balaban J connectivity index is 1.77. The Labute approximate surface area is 151 Å². The molecule has 2 amide bonds. The van der Waals surface area contributed by atoms with E-state index in [9.17, 15) is 9.59 Å². The summed E-state index contributed by atoms with van der Waals surface area (Å²) in [6.07, 6.45) is 6.90. The molecule has 1 unspecified atom stereocenters. The summed E-state index contributed by atoms with van der Waals surface area (Å²) in [6, 6.07) is 8.21. The molecule has 1 saturated carbocycles. The molecular weight excluding hydrogens is 314 g/mol. The van der Waals surface area contributed by atoms with Crippen LogP contribution in [0, 0.1) is 0 Å². The quantitative estimate of drug-likeness (QED) is 0.641. The van der Waals surface area contributed by atoms with Crippen LogP contribution >= 0.6 is 0 Å². The van der Waals surface area contributed by atoms with Gasteiger partial charge in [-0.15, -0.1) is 0 Å². The van der Waals surface area contributed by atoms with Crippen molar-refractivity contribution >= 4 is 17.5 Å². The van der Waals surface area contributed by atoms with Crippen LogP contribution in [0.4, 0.5) is 5.69 Å². The number of carbonyl (C=O) groups is 2. The first-order valence-electron chi connectivity index (χ1n) is 9.39. The molecule has 2 N–H and O–H groups in total. The van der Waals surface area contributed by atoms with Crippen molar-refractivity contribution in [2.24, 2.45) is 0 Å². The molecule has 1 fully saturated rings. The molecule has 0 spiro atoms. The summed E-state index contributed by atoms with van der Waals surface area (Å²) >= 11 is 0. The predicted octanol–water partition coefficient (Wildman–Crippen LogP) is 2.96. The number of carbonyl (C=O) groups excluding carboxylic acids is 2. The zero-order valence-corrected chi connectivity index (χ0v) is 15.7. The molecule has 1 atom stereocenters. The van der Waals surface area contributed by atoms with Gasteiger partial charge in [-0.2, -0.15) is 0 Å². The van der Waals surface area contributed by atoms with Gasteiger partial charge >= 0.3 is 0 Å². The van der Waals surface area contributed by atoms with Crippen molar-refractivity contribution in [1.82, 2.24) is 10.2 Å². The molecule has 2 rings (SSSR count). The Morgan fingerprint density at radius 2 is 1.88 bits per heavy atom. The van der Waals surface area contributed by atoms with Crippen LogP contribution in [0.2, 0.25) is 0 Å². The Hall–Kier alpha value is -2.04. The third-order valence-electron chi connectivity index (χ3n) is 4.48. The van der Waals surface area contributed by atoms with E-state index in [1.807, 2.05) is 19.1 Å². The highest BCUT2D eigenvalue weighted by molar-refractivity contribution is 5.88. The zero-order chi connectivity index (χ0) is 18.2. The first kappa shape index (κ1) is 19.3. The average Bonchev–Trinajstić information content (AvgIpc) is 3.39. The summed E-state index contributed by atoms with van der Waals surface area (Å²) in [5, 5.41) is 6.12. The number of benzene rings is 1. The van der Waals surface area contributed by atoms with Crippen molar-refractivity contribution < 1.29 is 9.59 Å². The molecule has 1 aliphatic carbocycles. The second-order valence-corrected chi connectivity index (χ2v) is 7.06. The van der Waals surface area contributed by atoms with E-state index in [-0.39, 0.29) is 24.4 Å². The van der Waals surface area contributed by atoms with Crippen LogP contribution in [0.15, 0.2) is 24.3 Å². The number of unbranched alkanes of at least 4 members (excludes halogenated alkanes) is 2. The predicted molar refractivity (Wildman–Crippen MR) is 102 cm³/mol. The molecule has 1 aromatic rings. The number of amides is 2. The fourth-order valence-corrected chi connectivity index (χ4v) is 2.78. The largest absolute Gasteiger partial charge is 0.374 e. The fourth-order valence-electron chi connectivity index (χ4n) is 2.78. The van der Waals surface area contributed by atoms with Crippen LogP contribution in [-0.2, 0) is 16.0 Å². The molecule has 1 aliphatic rings. The van der Waals surface area contributed by atoms with Gasteiger partial charge in [0.05, 0.1) is 6.54 Å². The number of likely N-dealkylation sites (N-methyl/N-ethyl adjacent to an activating group) is 1. The maximum absolute atomic E-state index is 12.4. The lowest BCUT2D eigenvalue weighted by molar-refractivity contribution is -0.135. The Morgan fingerprint density at radius 1 is 1.20 bits per heavy atom. The molecule has 25 heavy (non-hydrogen) atoms. The van der Waals surface area contributed by atoms with E-state index in [2.05, 4.69) is 29.7 Å². The number of anilines is 1. The molecule has 138 valence electrons. The minimum absolute atomic E-state index is 0.0815. The highest BCUT2D eigenvalue weighted by Crippen LogP contribution is 2.18. The van der Waals surface area contributed by atoms with Crippen molar-refractivity contribution in [2.75, 3.05) is 18.9 Å². The lowest BCUT2D eigenvalue weighted by Crippen LogP contribution is -2.44. The molecule has 1 aromatic carbocycles. The number of hydrogen-bond acceptors (Lipinski definition) is 3. The van der Waals surface area contributed by atoms with E-state index in [1.54, 1.807) is 7.05 Å². The minimum atomic E-state index is -0.371. The van der Waals surface area contributed by atoms with Gasteiger partial charge in [-0.1, -0.05) is 31.9 Å².